The number of hydrogen-bond acceptors (Lipinski definition) is 5. The number of urea groups is 1. The van der Waals surface area contributed by atoms with Gasteiger partial charge in [-0.3, -0.25) is 4.90 Å². The van der Waals surface area contributed by atoms with E-state index < -0.39 is 23.5 Å². The van der Waals surface area contributed by atoms with Crippen molar-refractivity contribution in [2.24, 2.45) is 0 Å². The van der Waals surface area contributed by atoms with Crippen molar-refractivity contribution in [1.82, 2.24) is 10.3 Å². The minimum atomic E-state index is -4.49. The predicted octanol–water partition coefficient (Wildman–Crippen LogP) is 5.19. The number of thioether (sulfide) groups is 1. The lowest BCUT2D eigenvalue weighted by Gasteiger charge is -2.28. The summed E-state index contributed by atoms with van der Waals surface area (Å²) in [6.07, 6.45) is 6.34. The first-order chi connectivity index (χ1) is 15.2. The molecule has 2 aliphatic heterocycles. The minimum absolute atomic E-state index is 0.157. The number of dihydropyridines is 1. The second-order valence-electron chi connectivity index (χ2n) is 7.47. The largest absolute Gasteiger partial charge is 0.448 e. The Bertz CT molecular complexity index is 1090. The summed E-state index contributed by atoms with van der Waals surface area (Å²) >= 11 is 1.04. The van der Waals surface area contributed by atoms with Crippen LogP contribution in [0.1, 0.15) is 18.1 Å². The highest BCUT2D eigenvalue weighted by molar-refractivity contribution is 7.98. The molecule has 0 saturated heterocycles. The van der Waals surface area contributed by atoms with E-state index in [1.807, 2.05) is 25.2 Å². The molecule has 0 fully saturated rings. The molecular weight excluding hydrogens is 441 g/mol. The Morgan fingerprint density at radius 1 is 1.31 bits per heavy atom. The van der Waals surface area contributed by atoms with Crippen LogP contribution in [0.15, 0.2) is 59.8 Å². The van der Waals surface area contributed by atoms with Gasteiger partial charge in [0.05, 0.1) is 17.4 Å². The Labute approximate surface area is 187 Å². The number of carbonyl (C=O) groups excluding carboxylic acids is 1. The molecule has 168 valence electrons. The van der Waals surface area contributed by atoms with Crippen molar-refractivity contribution in [3.63, 3.8) is 0 Å². The summed E-state index contributed by atoms with van der Waals surface area (Å²) in [5.74, 6) is 0.351. The Balaban J connectivity index is 1.48. The highest BCUT2D eigenvalue weighted by Gasteiger charge is 2.36. The molecule has 4 rings (SSSR count). The number of halogens is 3. The first-order valence-corrected chi connectivity index (χ1v) is 11.0. The average molecular weight is 462 g/mol. The van der Waals surface area contributed by atoms with Gasteiger partial charge in [-0.25, -0.2) is 9.78 Å². The van der Waals surface area contributed by atoms with Gasteiger partial charge in [0.2, 0.25) is 5.88 Å². The molecule has 1 atom stereocenters. The fraction of sp³-hybridized carbons (Fsp3) is 0.273. The molecule has 1 aromatic heterocycles. The minimum Gasteiger partial charge on any atom is -0.448 e. The second kappa shape index (κ2) is 8.42. The van der Waals surface area contributed by atoms with Crippen LogP contribution in [0.3, 0.4) is 0 Å². The van der Waals surface area contributed by atoms with Gasteiger partial charge < -0.3 is 15.4 Å². The number of rotatable bonds is 4. The Morgan fingerprint density at radius 3 is 2.75 bits per heavy atom. The number of nitrogens with one attached hydrogen (secondary N) is 2. The summed E-state index contributed by atoms with van der Waals surface area (Å²) in [5.41, 5.74) is -0.0751. The number of ether oxygens (including phenoxy) is 1. The maximum absolute atomic E-state index is 13.4. The quantitative estimate of drug-likeness (QED) is 0.613. The van der Waals surface area contributed by atoms with Gasteiger partial charge in [-0.1, -0.05) is 6.08 Å². The molecule has 0 radical (unpaired) electrons. The summed E-state index contributed by atoms with van der Waals surface area (Å²) < 4.78 is 46.2. The van der Waals surface area contributed by atoms with E-state index >= 15 is 0 Å². The van der Waals surface area contributed by atoms with E-state index in [1.165, 1.54) is 17.2 Å². The monoisotopic (exact) mass is 462 g/mol. The van der Waals surface area contributed by atoms with Crippen LogP contribution in [-0.4, -0.2) is 29.5 Å². The summed E-state index contributed by atoms with van der Waals surface area (Å²) in [4.78, 5) is 18.5. The van der Waals surface area contributed by atoms with E-state index in [2.05, 4.69) is 15.6 Å². The molecule has 32 heavy (non-hydrogen) atoms. The van der Waals surface area contributed by atoms with E-state index in [1.54, 1.807) is 24.6 Å². The van der Waals surface area contributed by atoms with Crippen molar-refractivity contribution >= 4 is 29.2 Å². The molecule has 2 aliphatic rings. The van der Waals surface area contributed by atoms with Crippen molar-refractivity contribution in [1.29, 1.82) is 0 Å². The van der Waals surface area contributed by atoms with Gasteiger partial charge in [-0.15, -0.1) is 11.8 Å². The smallest absolute Gasteiger partial charge is 0.417 e. The van der Waals surface area contributed by atoms with Gasteiger partial charge in [0.1, 0.15) is 0 Å². The van der Waals surface area contributed by atoms with Crippen LogP contribution < -0.4 is 20.3 Å². The van der Waals surface area contributed by atoms with Crippen molar-refractivity contribution < 1.29 is 22.7 Å². The van der Waals surface area contributed by atoms with Crippen LogP contribution in [0.2, 0.25) is 0 Å². The lowest BCUT2D eigenvalue weighted by Crippen LogP contribution is -2.44. The first-order valence-electron chi connectivity index (χ1n) is 9.82. The molecule has 0 bridgehead atoms. The molecule has 0 aliphatic carbocycles. The third-order valence-corrected chi connectivity index (χ3v) is 5.92. The maximum Gasteiger partial charge on any atom is 0.417 e. The molecule has 10 heteroatoms. The lowest BCUT2D eigenvalue weighted by atomic mass is 10.1. The molecule has 6 nitrogen and oxygen atoms in total. The third kappa shape index (κ3) is 4.55. The van der Waals surface area contributed by atoms with Crippen molar-refractivity contribution in [3.05, 3.63) is 66.0 Å². The topological polar surface area (TPSA) is 66.5 Å². The number of anilines is 2. The summed E-state index contributed by atoms with van der Waals surface area (Å²) in [7, 11) is 0. The van der Waals surface area contributed by atoms with Gasteiger partial charge in [0.25, 0.3) is 0 Å². The van der Waals surface area contributed by atoms with Crippen LogP contribution in [0.5, 0.6) is 5.88 Å². The molecule has 3 heterocycles. The number of alkyl halides is 3. The van der Waals surface area contributed by atoms with Crippen molar-refractivity contribution in [2.75, 3.05) is 23.0 Å². The zero-order valence-corrected chi connectivity index (χ0v) is 18.2. The van der Waals surface area contributed by atoms with Gasteiger partial charge in [0.15, 0.2) is 5.72 Å². The molecule has 2 aromatic rings. The van der Waals surface area contributed by atoms with E-state index in [-0.39, 0.29) is 10.6 Å². The molecule has 2 N–H and O–H groups in total. The summed E-state index contributed by atoms with van der Waals surface area (Å²) in [6, 6.07) is 5.30. The number of fused-ring (bicyclic) bond motifs is 1. The fourth-order valence-corrected chi connectivity index (χ4v) is 4.21. The SMILES string of the molecule is CSc1cc2c(cc1C(F)(F)F)N(C(=O)Nc1ccc(OC3(C)C=CC=CN3)nc1)CC2. The Hall–Kier alpha value is -3.14. The van der Waals surface area contributed by atoms with Gasteiger partial charge in [0, 0.05) is 29.4 Å². The molecule has 0 saturated carbocycles. The molecular formula is C22H21F3N4O2S. The average Bonchev–Trinajstić information content (AvgIpc) is 3.17. The van der Waals surface area contributed by atoms with Crippen LogP contribution in [0, 0.1) is 0 Å². The van der Waals surface area contributed by atoms with Crippen LogP contribution in [-0.2, 0) is 12.6 Å². The zero-order valence-electron chi connectivity index (χ0n) is 17.4. The molecule has 1 aromatic carbocycles. The van der Waals surface area contributed by atoms with Crippen LogP contribution in [0.25, 0.3) is 0 Å². The number of benzene rings is 1. The van der Waals surface area contributed by atoms with E-state index in [9.17, 15) is 18.0 Å². The summed E-state index contributed by atoms with van der Waals surface area (Å²) in [5, 5.41) is 5.77. The van der Waals surface area contributed by atoms with Crippen LogP contribution in [0.4, 0.5) is 29.3 Å². The number of pyridine rings is 1. The van der Waals surface area contributed by atoms with Gasteiger partial charge in [-0.05, 0) is 55.5 Å². The number of carbonyl (C=O) groups is 1. The number of aromatic nitrogens is 1. The zero-order chi connectivity index (χ0) is 22.9. The second-order valence-corrected chi connectivity index (χ2v) is 8.32. The van der Waals surface area contributed by atoms with Crippen molar-refractivity contribution in [3.8, 4) is 5.88 Å². The first kappa shape index (κ1) is 22.1. The predicted molar refractivity (Wildman–Crippen MR) is 118 cm³/mol. The molecule has 2 amide bonds. The highest BCUT2D eigenvalue weighted by Crippen LogP contribution is 2.42. The number of amides is 2. The standard InChI is InChI=1S/C22H21F3N4O2S/c1-21(8-3-4-9-27-21)31-19-6-5-15(13-26-19)28-20(30)29-10-7-14-11-18(32-2)16(12-17(14)29)22(23,24)25/h3-6,8-9,11-13,27H,7,10H2,1-2H3,(H,28,30). The maximum atomic E-state index is 13.4. The fourth-order valence-electron chi connectivity index (χ4n) is 3.56. The third-order valence-electron chi connectivity index (χ3n) is 5.14. The van der Waals surface area contributed by atoms with Crippen molar-refractivity contribution in [2.45, 2.75) is 30.1 Å². The number of nitrogens with zero attached hydrogens (tertiary/aromatic N) is 2. The summed E-state index contributed by atoms with van der Waals surface area (Å²) in [6.45, 7) is 2.14. The van der Waals surface area contributed by atoms with Gasteiger partial charge in [-0.2, -0.15) is 13.2 Å². The van der Waals surface area contributed by atoms with Gasteiger partial charge >= 0.3 is 12.2 Å². The van der Waals surface area contributed by atoms with E-state index in [0.717, 1.165) is 23.4 Å². The molecule has 1 unspecified atom stereocenters. The molecule has 0 spiro atoms. The van der Waals surface area contributed by atoms with Crippen LogP contribution >= 0.6 is 11.8 Å². The Morgan fingerprint density at radius 2 is 2.12 bits per heavy atom. The number of hydrogen-bond donors (Lipinski definition) is 2. The highest BCUT2D eigenvalue weighted by atomic mass is 32.2. The van der Waals surface area contributed by atoms with E-state index in [0.29, 0.717) is 24.5 Å². The lowest BCUT2D eigenvalue weighted by molar-refractivity contribution is -0.139. The Kier molecular flexibility index (Phi) is 5.81. The number of allylic oxidation sites excluding steroid dienone is 2. The van der Waals surface area contributed by atoms with E-state index in [4.69, 9.17) is 4.74 Å². The normalized spacial score (nSPS) is 19.5.